The summed E-state index contributed by atoms with van der Waals surface area (Å²) in [4.78, 5) is 12.0. The normalized spacial score (nSPS) is 11.7. The third kappa shape index (κ3) is 7.06. The average Bonchev–Trinajstić information content (AvgIpc) is 2.78. The molecular weight excluding hydrogens is 457 g/mol. The van der Waals surface area contributed by atoms with Crippen molar-refractivity contribution in [3.63, 3.8) is 0 Å². The van der Waals surface area contributed by atoms with Crippen LogP contribution in [-0.4, -0.2) is 27.5 Å². The zero-order chi connectivity index (χ0) is 23.9. The van der Waals surface area contributed by atoms with Gasteiger partial charge in [0.25, 0.3) is 5.91 Å². The molecule has 0 aliphatic rings. The first-order valence-corrected chi connectivity index (χ1v) is 11.4. The van der Waals surface area contributed by atoms with Crippen LogP contribution in [0.25, 0.3) is 0 Å². The predicted molar refractivity (Wildman–Crippen MR) is 117 cm³/mol. The van der Waals surface area contributed by atoms with E-state index in [1.807, 2.05) is 30.3 Å². The van der Waals surface area contributed by atoms with Gasteiger partial charge in [-0.25, -0.2) is 13.1 Å². The topological polar surface area (TPSA) is 84.5 Å². The van der Waals surface area contributed by atoms with Gasteiger partial charge < -0.3 is 10.1 Å². The number of carbonyl (C=O) groups excluding carboxylic acids is 1. The van der Waals surface area contributed by atoms with Gasteiger partial charge in [0, 0.05) is 6.54 Å². The number of halogens is 3. The summed E-state index contributed by atoms with van der Waals surface area (Å²) in [7, 11) is -3.73. The number of rotatable bonds is 9. The van der Waals surface area contributed by atoms with E-state index in [0.717, 1.165) is 17.7 Å². The number of amides is 1. The Hall–Kier alpha value is -3.37. The maximum Gasteiger partial charge on any atom is 0.418 e. The minimum atomic E-state index is -4.61. The van der Waals surface area contributed by atoms with Crippen LogP contribution in [0.1, 0.15) is 11.1 Å². The molecule has 33 heavy (non-hydrogen) atoms. The largest absolute Gasteiger partial charge is 0.484 e. The number of hydrogen-bond donors (Lipinski definition) is 2. The van der Waals surface area contributed by atoms with Crippen LogP contribution in [0.5, 0.6) is 5.75 Å². The van der Waals surface area contributed by atoms with Crippen molar-refractivity contribution in [2.45, 2.75) is 17.5 Å². The van der Waals surface area contributed by atoms with Crippen molar-refractivity contribution in [2.75, 3.05) is 18.5 Å². The summed E-state index contributed by atoms with van der Waals surface area (Å²) in [6.45, 7) is -0.322. The van der Waals surface area contributed by atoms with Crippen molar-refractivity contribution in [1.29, 1.82) is 0 Å². The second kappa shape index (κ2) is 10.5. The van der Waals surface area contributed by atoms with E-state index in [-0.39, 0.29) is 22.9 Å². The molecule has 3 rings (SSSR count). The van der Waals surface area contributed by atoms with Gasteiger partial charge in [0.05, 0.1) is 16.1 Å². The van der Waals surface area contributed by atoms with Crippen LogP contribution >= 0.6 is 0 Å². The highest BCUT2D eigenvalue weighted by atomic mass is 32.2. The fraction of sp³-hybridized carbons (Fsp3) is 0.174. The van der Waals surface area contributed by atoms with Gasteiger partial charge in [0.15, 0.2) is 6.61 Å². The minimum absolute atomic E-state index is 0.0199. The summed E-state index contributed by atoms with van der Waals surface area (Å²) in [5, 5.41) is 2.17. The highest BCUT2D eigenvalue weighted by Gasteiger charge is 2.33. The minimum Gasteiger partial charge on any atom is -0.484 e. The number of para-hydroxylation sites is 1. The van der Waals surface area contributed by atoms with Gasteiger partial charge in [-0.3, -0.25) is 4.79 Å². The second-order valence-electron chi connectivity index (χ2n) is 6.98. The van der Waals surface area contributed by atoms with Crippen LogP contribution in [0.4, 0.5) is 18.9 Å². The number of anilines is 1. The van der Waals surface area contributed by atoms with Crippen LogP contribution in [0.2, 0.25) is 0 Å². The van der Waals surface area contributed by atoms with E-state index >= 15 is 0 Å². The van der Waals surface area contributed by atoms with E-state index in [1.54, 1.807) is 0 Å². The lowest BCUT2D eigenvalue weighted by Crippen LogP contribution is -2.26. The van der Waals surface area contributed by atoms with Crippen molar-refractivity contribution in [3.8, 4) is 5.75 Å². The van der Waals surface area contributed by atoms with Crippen LogP contribution in [0.15, 0.2) is 83.8 Å². The van der Waals surface area contributed by atoms with E-state index in [9.17, 15) is 26.4 Å². The Kier molecular flexibility index (Phi) is 7.72. The number of hydrogen-bond acceptors (Lipinski definition) is 4. The van der Waals surface area contributed by atoms with Crippen molar-refractivity contribution >= 4 is 21.6 Å². The van der Waals surface area contributed by atoms with Crippen molar-refractivity contribution < 1.29 is 31.1 Å². The van der Waals surface area contributed by atoms with E-state index in [1.165, 1.54) is 36.4 Å². The zero-order valence-electron chi connectivity index (χ0n) is 17.3. The third-order valence-corrected chi connectivity index (χ3v) is 6.04. The molecule has 2 N–H and O–H groups in total. The lowest BCUT2D eigenvalue weighted by molar-refractivity contribution is -0.137. The lowest BCUT2D eigenvalue weighted by atomic mass is 10.1. The maximum atomic E-state index is 13.0. The summed E-state index contributed by atoms with van der Waals surface area (Å²) in [6.07, 6.45) is -4.07. The predicted octanol–water partition coefficient (Wildman–Crippen LogP) is 4.24. The molecule has 3 aromatic carbocycles. The molecule has 0 fully saturated rings. The van der Waals surface area contributed by atoms with Crippen molar-refractivity contribution in [3.05, 3.63) is 90.0 Å². The molecule has 0 spiro atoms. The molecule has 0 aliphatic carbocycles. The van der Waals surface area contributed by atoms with Gasteiger partial charge in [0.2, 0.25) is 10.0 Å². The van der Waals surface area contributed by atoms with Crippen LogP contribution < -0.4 is 14.8 Å². The standard InChI is InChI=1S/C23H21F3N2O4S/c24-23(25,26)20-8-4-5-9-21(20)28-22(29)16-32-18-10-12-19(13-11-18)33(30,31)27-15-14-17-6-2-1-3-7-17/h1-13,27H,14-16H2,(H,28,29). The SMILES string of the molecule is O=C(COc1ccc(S(=O)(=O)NCCc2ccccc2)cc1)Nc1ccccc1C(F)(F)F. The van der Waals surface area contributed by atoms with Crippen molar-refractivity contribution in [2.24, 2.45) is 0 Å². The smallest absolute Gasteiger partial charge is 0.418 e. The molecule has 0 heterocycles. The first-order valence-electron chi connectivity index (χ1n) is 9.88. The Morgan fingerprint density at radius 2 is 1.52 bits per heavy atom. The number of ether oxygens (including phenoxy) is 1. The number of nitrogens with one attached hydrogen (secondary N) is 2. The molecule has 0 saturated carbocycles. The van der Waals surface area contributed by atoms with E-state index < -0.39 is 34.3 Å². The third-order valence-electron chi connectivity index (χ3n) is 4.56. The molecule has 0 saturated heterocycles. The van der Waals surface area contributed by atoms with Crippen LogP contribution in [0.3, 0.4) is 0 Å². The number of carbonyl (C=O) groups is 1. The van der Waals surface area contributed by atoms with Crippen LogP contribution in [0, 0.1) is 0 Å². The zero-order valence-corrected chi connectivity index (χ0v) is 18.1. The molecule has 0 unspecified atom stereocenters. The summed E-state index contributed by atoms with van der Waals surface area (Å²) in [5.74, 6) is -0.594. The highest BCUT2D eigenvalue weighted by Crippen LogP contribution is 2.34. The van der Waals surface area contributed by atoms with Gasteiger partial charge in [-0.2, -0.15) is 13.2 Å². The Bertz CT molecular complexity index is 1180. The first kappa shape index (κ1) is 24.3. The molecular formula is C23H21F3N2O4S. The lowest BCUT2D eigenvalue weighted by Gasteiger charge is -2.14. The molecule has 10 heteroatoms. The van der Waals surface area contributed by atoms with E-state index in [4.69, 9.17) is 4.74 Å². The quantitative estimate of drug-likeness (QED) is 0.482. The van der Waals surface area contributed by atoms with Crippen molar-refractivity contribution in [1.82, 2.24) is 4.72 Å². The molecule has 0 atom stereocenters. The highest BCUT2D eigenvalue weighted by molar-refractivity contribution is 7.89. The molecule has 174 valence electrons. The molecule has 0 aliphatic heterocycles. The van der Waals surface area contributed by atoms with Gasteiger partial charge >= 0.3 is 6.18 Å². The Morgan fingerprint density at radius 3 is 2.18 bits per heavy atom. The molecule has 0 bridgehead atoms. The second-order valence-corrected chi connectivity index (χ2v) is 8.75. The summed E-state index contributed by atoms with van der Waals surface area (Å²) < 4.78 is 71.6. The fourth-order valence-electron chi connectivity index (χ4n) is 2.95. The van der Waals surface area contributed by atoms with Gasteiger partial charge in [-0.05, 0) is 48.4 Å². The van der Waals surface area contributed by atoms with E-state index in [0.29, 0.717) is 6.42 Å². The summed E-state index contributed by atoms with van der Waals surface area (Å²) in [5.41, 5.74) is -0.339. The van der Waals surface area contributed by atoms with E-state index in [2.05, 4.69) is 10.0 Å². The molecule has 0 radical (unpaired) electrons. The Labute approximate surface area is 189 Å². The number of benzene rings is 3. The Morgan fingerprint density at radius 1 is 0.879 bits per heavy atom. The molecule has 6 nitrogen and oxygen atoms in total. The monoisotopic (exact) mass is 478 g/mol. The number of alkyl halides is 3. The molecule has 0 aromatic heterocycles. The fourth-order valence-corrected chi connectivity index (χ4v) is 3.98. The van der Waals surface area contributed by atoms with Gasteiger partial charge in [0.1, 0.15) is 5.75 Å². The average molecular weight is 478 g/mol. The summed E-state index contributed by atoms with van der Waals surface area (Å²) in [6, 6.07) is 19.4. The number of sulfonamides is 1. The van der Waals surface area contributed by atoms with Gasteiger partial charge in [-0.1, -0.05) is 42.5 Å². The first-order chi connectivity index (χ1) is 15.6. The van der Waals surface area contributed by atoms with Gasteiger partial charge in [-0.15, -0.1) is 0 Å². The molecule has 3 aromatic rings. The Balaban J connectivity index is 1.52. The molecule has 1 amide bonds. The maximum absolute atomic E-state index is 13.0. The summed E-state index contributed by atoms with van der Waals surface area (Å²) >= 11 is 0. The van der Waals surface area contributed by atoms with Crippen LogP contribution in [-0.2, 0) is 27.4 Å².